The molecular weight excluding hydrogens is 224 g/mol. The van der Waals surface area contributed by atoms with E-state index in [1.54, 1.807) is 0 Å². The van der Waals surface area contributed by atoms with Crippen molar-refractivity contribution in [3.8, 4) is 0 Å². The lowest BCUT2D eigenvalue weighted by molar-refractivity contribution is -0.134. The molecule has 3 atom stereocenters. The number of nitrogens with zero attached hydrogens (tertiary/aromatic N) is 1. The van der Waals surface area contributed by atoms with E-state index in [9.17, 15) is 4.79 Å². The van der Waals surface area contributed by atoms with Crippen molar-refractivity contribution >= 4 is 18.3 Å². The van der Waals surface area contributed by atoms with Crippen LogP contribution in [0, 0.1) is 17.8 Å². The summed E-state index contributed by atoms with van der Waals surface area (Å²) in [4.78, 5) is 14.2. The first-order valence-electron chi connectivity index (χ1n) is 6.32. The van der Waals surface area contributed by atoms with E-state index < -0.39 is 0 Å². The minimum Gasteiger partial charge on any atom is -0.341 e. The first-order valence-corrected chi connectivity index (χ1v) is 6.32. The number of hydrogen-bond donors (Lipinski definition) is 1. The molecule has 0 aromatic rings. The van der Waals surface area contributed by atoms with E-state index in [0.717, 1.165) is 37.8 Å². The quantitative estimate of drug-likeness (QED) is 0.758. The van der Waals surface area contributed by atoms with Gasteiger partial charge in [0.2, 0.25) is 5.91 Å². The van der Waals surface area contributed by atoms with Crippen LogP contribution in [0.4, 0.5) is 0 Å². The van der Waals surface area contributed by atoms with Crippen LogP contribution in [0.15, 0.2) is 0 Å². The number of likely N-dealkylation sites (tertiary alicyclic amines) is 1. The van der Waals surface area contributed by atoms with Crippen LogP contribution in [-0.4, -0.2) is 29.9 Å². The minimum absolute atomic E-state index is 0. The van der Waals surface area contributed by atoms with Crippen molar-refractivity contribution in [2.75, 3.05) is 13.1 Å². The zero-order chi connectivity index (χ0) is 10.4. The molecule has 3 nitrogen and oxygen atoms in total. The van der Waals surface area contributed by atoms with Crippen LogP contribution in [0.3, 0.4) is 0 Å². The van der Waals surface area contributed by atoms with Crippen LogP contribution >= 0.6 is 12.4 Å². The van der Waals surface area contributed by atoms with Crippen molar-refractivity contribution in [2.24, 2.45) is 23.5 Å². The zero-order valence-corrected chi connectivity index (χ0v) is 10.4. The monoisotopic (exact) mass is 244 g/mol. The van der Waals surface area contributed by atoms with Crippen molar-refractivity contribution in [2.45, 2.75) is 38.1 Å². The number of piperidine rings is 1. The van der Waals surface area contributed by atoms with Crippen LogP contribution in [0.5, 0.6) is 0 Å². The van der Waals surface area contributed by atoms with E-state index in [0.29, 0.717) is 11.8 Å². The van der Waals surface area contributed by atoms with Gasteiger partial charge in [0.1, 0.15) is 0 Å². The SMILES string of the molecule is Cl.NC1CCCN(C(=O)C2C3CCCC32)C1. The molecule has 0 radical (unpaired) electrons. The van der Waals surface area contributed by atoms with Gasteiger partial charge in [-0.25, -0.2) is 0 Å². The molecule has 2 N–H and O–H groups in total. The lowest BCUT2D eigenvalue weighted by Crippen LogP contribution is -2.46. The summed E-state index contributed by atoms with van der Waals surface area (Å²) in [6.45, 7) is 1.75. The normalized spacial score (nSPS) is 41.2. The Morgan fingerprint density at radius 3 is 2.44 bits per heavy atom. The first-order chi connectivity index (χ1) is 7.27. The molecule has 2 aliphatic carbocycles. The smallest absolute Gasteiger partial charge is 0.226 e. The van der Waals surface area contributed by atoms with Crippen molar-refractivity contribution in [1.29, 1.82) is 0 Å². The van der Waals surface area contributed by atoms with Crippen LogP contribution in [0.25, 0.3) is 0 Å². The summed E-state index contributed by atoms with van der Waals surface area (Å²) in [6.07, 6.45) is 6.11. The van der Waals surface area contributed by atoms with Gasteiger partial charge in [-0.2, -0.15) is 0 Å². The largest absolute Gasteiger partial charge is 0.341 e. The van der Waals surface area contributed by atoms with Gasteiger partial charge < -0.3 is 10.6 Å². The van der Waals surface area contributed by atoms with Gasteiger partial charge in [0.25, 0.3) is 0 Å². The Morgan fingerprint density at radius 1 is 1.12 bits per heavy atom. The minimum atomic E-state index is 0. The number of carbonyl (C=O) groups excluding carboxylic acids is 1. The highest BCUT2D eigenvalue weighted by molar-refractivity contribution is 5.85. The van der Waals surface area contributed by atoms with E-state index >= 15 is 0 Å². The average Bonchev–Trinajstić information content (AvgIpc) is 2.70. The maximum atomic E-state index is 12.2. The summed E-state index contributed by atoms with van der Waals surface area (Å²) in [5.41, 5.74) is 5.91. The third kappa shape index (κ3) is 1.95. The van der Waals surface area contributed by atoms with Crippen LogP contribution < -0.4 is 5.73 Å². The summed E-state index contributed by atoms with van der Waals surface area (Å²) < 4.78 is 0. The Labute approximate surface area is 103 Å². The molecule has 92 valence electrons. The standard InChI is InChI=1S/C12H20N2O.ClH/c13-8-3-2-6-14(7-8)12(15)11-9-4-1-5-10(9)11;/h8-11H,1-7,13H2;1H. The lowest BCUT2D eigenvalue weighted by Gasteiger charge is -2.31. The highest BCUT2D eigenvalue weighted by Crippen LogP contribution is 2.58. The topological polar surface area (TPSA) is 46.3 Å². The van der Waals surface area contributed by atoms with Crippen molar-refractivity contribution in [3.63, 3.8) is 0 Å². The molecule has 0 bridgehead atoms. The Kier molecular flexibility index (Phi) is 3.45. The predicted molar refractivity (Wildman–Crippen MR) is 65.4 cm³/mol. The highest BCUT2D eigenvalue weighted by atomic mass is 35.5. The fourth-order valence-electron chi connectivity index (χ4n) is 3.61. The van der Waals surface area contributed by atoms with E-state index in [4.69, 9.17) is 5.73 Å². The van der Waals surface area contributed by atoms with E-state index in [1.807, 2.05) is 4.90 Å². The van der Waals surface area contributed by atoms with Crippen molar-refractivity contribution in [3.05, 3.63) is 0 Å². The molecule has 4 heteroatoms. The van der Waals surface area contributed by atoms with E-state index in [-0.39, 0.29) is 18.4 Å². The van der Waals surface area contributed by atoms with Gasteiger partial charge in [-0.3, -0.25) is 4.79 Å². The molecule has 0 aromatic carbocycles. The van der Waals surface area contributed by atoms with Crippen LogP contribution in [0.2, 0.25) is 0 Å². The molecule has 1 amide bonds. The third-order valence-electron chi connectivity index (χ3n) is 4.46. The fraction of sp³-hybridized carbons (Fsp3) is 0.917. The third-order valence-corrected chi connectivity index (χ3v) is 4.46. The fourth-order valence-corrected chi connectivity index (χ4v) is 3.61. The first kappa shape index (κ1) is 12.2. The van der Waals surface area contributed by atoms with Gasteiger partial charge >= 0.3 is 0 Å². The molecular formula is C12H21ClN2O. The van der Waals surface area contributed by atoms with Gasteiger partial charge in [0.05, 0.1) is 0 Å². The van der Waals surface area contributed by atoms with E-state index in [2.05, 4.69) is 0 Å². The molecule has 1 saturated heterocycles. The number of fused-ring (bicyclic) bond motifs is 1. The number of rotatable bonds is 1. The maximum Gasteiger partial charge on any atom is 0.226 e. The number of amides is 1. The second-order valence-electron chi connectivity index (χ2n) is 5.47. The molecule has 1 aliphatic heterocycles. The summed E-state index contributed by atoms with van der Waals surface area (Å²) in [5, 5.41) is 0. The maximum absolute atomic E-state index is 12.2. The van der Waals surface area contributed by atoms with Gasteiger partial charge in [-0.1, -0.05) is 6.42 Å². The Balaban J connectivity index is 0.000000963. The molecule has 3 unspecified atom stereocenters. The molecule has 0 spiro atoms. The lowest BCUT2D eigenvalue weighted by atomic mass is 10.0. The highest BCUT2D eigenvalue weighted by Gasteiger charge is 2.57. The molecule has 1 heterocycles. The Morgan fingerprint density at radius 2 is 1.81 bits per heavy atom. The van der Waals surface area contributed by atoms with Gasteiger partial charge in [-0.05, 0) is 37.5 Å². The number of halogens is 1. The Hall–Kier alpha value is -0.280. The van der Waals surface area contributed by atoms with Gasteiger partial charge in [-0.15, -0.1) is 12.4 Å². The average molecular weight is 245 g/mol. The molecule has 2 saturated carbocycles. The second kappa shape index (κ2) is 4.53. The summed E-state index contributed by atoms with van der Waals surface area (Å²) >= 11 is 0. The van der Waals surface area contributed by atoms with Crippen LogP contribution in [-0.2, 0) is 4.79 Å². The number of carbonyl (C=O) groups is 1. The van der Waals surface area contributed by atoms with E-state index in [1.165, 1.54) is 19.3 Å². The molecule has 3 rings (SSSR count). The van der Waals surface area contributed by atoms with Crippen molar-refractivity contribution < 1.29 is 4.79 Å². The number of hydrogen-bond acceptors (Lipinski definition) is 2. The molecule has 0 aromatic heterocycles. The van der Waals surface area contributed by atoms with Crippen molar-refractivity contribution in [1.82, 2.24) is 4.90 Å². The predicted octanol–water partition coefficient (Wildman–Crippen LogP) is 1.40. The molecule has 16 heavy (non-hydrogen) atoms. The van der Waals surface area contributed by atoms with Gasteiger partial charge in [0.15, 0.2) is 0 Å². The summed E-state index contributed by atoms with van der Waals surface area (Å²) in [5.74, 6) is 2.30. The van der Waals surface area contributed by atoms with Gasteiger partial charge in [0, 0.05) is 25.0 Å². The Bertz CT molecular complexity index is 274. The number of nitrogens with two attached hydrogens (primary N) is 1. The zero-order valence-electron chi connectivity index (χ0n) is 9.60. The molecule has 3 aliphatic rings. The second-order valence-corrected chi connectivity index (χ2v) is 5.47. The summed E-state index contributed by atoms with van der Waals surface area (Å²) in [7, 11) is 0. The summed E-state index contributed by atoms with van der Waals surface area (Å²) in [6, 6.07) is 0.223. The molecule has 3 fully saturated rings. The van der Waals surface area contributed by atoms with Crippen LogP contribution in [0.1, 0.15) is 32.1 Å².